The van der Waals surface area contributed by atoms with Crippen molar-refractivity contribution in [3.8, 4) is 5.75 Å². The molecule has 1 saturated carbocycles. The third kappa shape index (κ3) is 5.03. The molecule has 2 N–H and O–H groups in total. The van der Waals surface area contributed by atoms with Gasteiger partial charge in [-0.2, -0.15) is 5.10 Å². The second-order valence-electron chi connectivity index (χ2n) is 7.37. The first kappa shape index (κ1) is 19.6. The molecule has 1 fully saturated rings. The van der Waals surface area contributed by atoms with Gasteiger partial charge in [-0.1, -0.05) is 42.5 Å². The van der Waals surface area contributed by atoms with E-state index >= 15 is 0 Å². The van der Waals surface area contributed by atoms with Crippen LogP contribution >= 0.6 is 0 Å². The predicted molar refractivity (Wildman–Crippen MR) is 118 cm³/mol. The maximum Gasteiger partial charge on any atom is 0.277 e. The SMILES string of the molecule is C/C(=N\NC(=O)COc1ccc2ccccc2c1)c1ccc(NC(=O)C2CC2)cc1. The Morgan fingerprint density at radius 3 is 2.47 bits per heavy atom. The maximum atomic E-state index is 12.1. The molecule has 6 heteroatoms. The van der Waals surface area contributed by atoms with Crippen molar-refractivity contribution in [1.82, 2.24) is 5.43 Å². The number of amides is 2. The largest absolute Gasteiger partial charge is 0.484 e. The molecule has 30 heavy (non-hydrogen) atoms. The zero-order valence-electron chi connectivity index (χ0n) is 16.7. The summed E-state index contributed by atoms with van der Waals surface area (Å²) in [7, 11) is 0. The van der Waals surface area contributed by atoms with Crippen molar-refractivity contribution in [3.63, 3.8) is 0 Å². The summed E-state index contributed by atoms with van der Waals surface area (Å²) in [5, 5.41) is 9.21. The molecule has 0 aromatic heterocycles. The highest BCUT2D eigenvalue weighted by molar-refractivity contribution is 6.00. The number of hydrogen-bond acceptors (Lipinski definition) is 4. The quantitative estimate of drug-likeness (QED) is 0.462. The van der Waals surface area contributed by atoms with Gasteiger partial charge in [0, 0.05) is 11.6 Å². The molecule has 2 amide bonds. The maximum absolute atomic E-state index is 12.1. The molecule has 0 atom stereocenters. The smallest absolute Gasteiger partial charge is 0.277 e. The van der Waals surface area contributed by atoms with Crippen LogP contribution in [0.25, 0.3) is 10.8 Å². The zero-order chi connectivity index (χ0) is 20.9. The molecule has 0 radical (unpaired) electrons. The Hall–Kier alpha value is -3.67. The van der Waals surface area contributed by atoms with Crippen LogP contribution < -0.4 is 15.5 Å². The number of hydrogen-bond donors (Lipinski definition) is 2. The first-order chi connectivity index (χ1) is 14.6. The molecule has 6 nitrogen and oxygen atoms in total. The highest BCUT2D eigenvalue weighted by Crippen LogP contribution is 2.30. The van der Waals surface area contributed by atoms with Crippen LogP contribution in [-0.4, -0.2) is 24.1 Å². The standard InChI is InChI=1S/C24H23N3O3/c1-16(17-8-11-21(12-9-17)25-24(29)19-6-7-19)26-27-23(28)15-30-22-13-10-18-4-2-3-5-20(18)14-22/h2-5,8-14,19H,6-7,15H2,1H3,(H,25,29)(H,27,28)/b26-16+. The third-order valence-electron chi connectivity index (χ3n) is 4.96. The minimum atomic E-state index is -0.337. The number of benzene rings is 3. The summed E-state index contributed by atoms with van der Waals surface area (Å²) in [5.41, 5.74) is 4.79. The number of fused-ring (bicyclic) bond motifs is 1. The summed E-state index contributed by atoms with van der Waals surface area (Å²) in [5.74, 6) is 0.538. The van der Waals surface area contributed by atoms with E-state index in [4.69, 9.17) is 4.74 Å². The van der Waals surface area contributed by atoms with Crippen molar-refractivity contribution >= 4 is 34.0 Å². The van der Waals surface area contributed by atoms with Gasteiger partial charge in [0.2, 0.25) is 5.91 Å². The number of nitrogens with one attached hydrogen (secondary N) is 2. The number of nitrogens with zero attached hydrogens (tertiary/aromatic N) is 1. The minimum Gasteiger partial charge on any atom is -0.484 e. The van der Waals surface area contributed by atoms with Crippen LogP contribution in [0.3, 0.4) is 0 Å². The van der Waals surface area contributed by atoms with E-state index in [1.54, 1.807) is 0 Å². The molecular formula is C24H23N3O3. The summed E-state index contributed by atoms with van der Waals surface area (Å²) in [6.45, 7) is 1.68. The third-order valence-corrected chi connectivity index (χ3v) is 4.96. The van der Waals surface area contributed by atoms with Crippen molar-refractivity contribution in [2.75, 3.05) is 11.9 Å². The van der Waals surface area contributed by atoms with Crippen molar-refractivity contribution < 1.29 is 14.3 Å². The molecule has 4 rings (SSSR count). The number of carbonyl (C=O) groups excluding carboxylic acids is 2. The van der Waals surface area contributed by atoms with Crippen LogP contribution in [0, 0.1) is 5.92 Å². The van der Waals surface area contributed by atoms with Crippen LogP contribution in [0.2, 0.25) is 0 Å². The Labute approximate surface area is 174 Å². The van der Waals surface area contributed by atoms with Crippen LogP contribution in [0.15, 0.2) is 71.8 Å². The van der Waals surface area contributed by atoms with Crippen LogP contribution in [0.5, 0.6) is 5.75 Å². The Balaban J connectivity index is 1.28. The molecule has 152 valence electrons. The van der Waals surface area contributed by atoms with Crippen molar-refractivity contribution in [2.45, 2.75) is 19.8 Å². The molecule has 3 aromatic rings. The second-order valence-corrected chi connectivity index (χ2v) is 7.37. The van der Waals surface area contributed by atoms with Gasteiger partial charge >= 0.3 is 0 Å². The molecule has 0 unspecified atom stereocenters. The van der Waals surface area contributed by atoms with E-state index in [0.717, 1.165) is 34.9 Å². The number of ether oxygens (including phenoxy) is 1. The number of hydrazone groups is 1. The van der Waals surface area contributed by atoms with Gasteiger partial charge < -0.3 is 10.1 Å². The first-order valence-corrected chi connectivity index (χ1v) is 9.94. The minimum absolute atomic E-state index is 0.0758. The fourth-order valence-corrected chi connectivity index (χ4v) is 3.03. The van der Waals surface area contributed by atoms with E-state index in [1.807, 2.05) is 73.7 Å². The fraction of sp³-hybridized carbons (Fsp3) is 0.208. The molecule has 0 aliphatic heterocycles. The molecule has 1 aliphatic carbocycles. The second kappa shape index (κ2) is 8.78. The normalized spacial score (nSPS) is 13.7. The summed E-state index contributed by atoms with van der Waals surface area (Å²) in [6, 6.07) is 21.1. The summed E-state index contributed by atoms with van der Waals surface area (Å²) in [6.07, 6.45) is 1.94. The van der Waals surface area contributed by atoms with E-state index in [1.165, 1.54) is 0 Å². The molecule has 0 heterocycles. The van der Waals surface area contributed by atoms with Gasteiger partial charge in [0.15, 0.2) is 6.61 Å². The Morgan fingerprint density at radius 1 is 1.00 bits per heavy atom. The lowest BCUT2D eigenvalue weighted by molar-refractivity contribution is -0.123. The van der Waals surface area contributed by atoms with E-state index in [-0.39, 0.29) is 24.3 Å². The van der Waals surface area contributed by atoms with Gasteiger partial charge in [0.1, 0.15) is 5.75 Å². The predicted octanol–water partition coefficient (Wildman–Crippen LogP) is 4.11. The molecule has 0 saturated heterocycles. The van der Waals surface area contributed by atoms with Crippen LogP contribution in [-0.2, 0) is 9.59 Å². The molecule has 0 spiro atoms. The number of carbonyl (C=O) groups is 2. The molecular weight excluding hydrogens is 378 g/mol. The van der Waals surface area contributed by atoms with Gasteiger partial charge in [-0.05, 0) is 60.4 Å². The van der Waals surface area contributed by atoms with Crippen molar-refractivity contribution in [1.29, 1.82) is 0 Å². The first-order valence-electron chi connectivity index (χ1n) is 9.94. The van der Waals surface area contributed by atoms with Gasteiger partial charge in [-0.3, -0.25) is 9.59 Å². The Morgan fingerprint density at radius 2 is 1.73 bits per heavy atom. The zero-order valence-corrected chi connectivity index (χ0v) is 16.7. The molecule has 3 aromatic carbocycles. The molecule has 0 bridgehead atoms. The van der Waals surface area contributed by atoms with E-state index in [2.05, 4.69) is 15.8 Å². The summed E-state index contributed by atoms with van der Waals surface area (Å²) in [4.78, 5) is 23.9. The average Bonchev–Trinajstić information content (AvgIpc) is 3.62. The van der Waals surface area contributed by atoms with Gasteiger partial charge in [-0.15, -0.1) is 0 Å². The van der Waals surface area contributed by atoms with Crippen molar-refractivity contribution in [3.05, 3.63) is 72.3 Å². The fourth-order valence-electron chi connectivity index (χ4n) is 3.03. The highest BCUT2D eigenvalue weighted by Gasteiger charge is 2.29. The average molecular weight is 401 g/mol. The lowest BCUT2D eigenvalue weighted by Crippen LogP contribution is -2.25. The van der Waals surface area contributed by atoms with E-state index < -0.39 is 0 Å². The van der Waals surface area contributed by atoms with Crippen LogP contribution in [0.1, 0.15) is 25.3 Å². The van der Waals surface area contributed by atoms with Crippen LogP contribution in [0.4, 0.5) is 5.69 Å². The highest BCUT2D eigenvalue weighted by atomic mass is 16.5. The number of rotatable bonds is 7. The Kier molecular flexibility index (Phi) is 5.75. The number of anilines is 1. The van der Waals surface area contributed by atoms with Gasteiger partial charge in [0.25, 0.3) is 5.91 Å². The molecule has 1 aliphatic rings. The lowest BCUT2D eigenvalue weighted by atomic mass is 10.1. The lowest BCUT2D eigenvalue weighted by Gasteiger charge is -2.08. The van der Waals surface area contributed by atoms with E-state index in [9.17, 15) is 9.59 Å². The Bertz CT molecular complexity index is 1100. The summed E-state index contributed by atoms with van der Waals surface area (Å²) >= 11 is 0. The monoisotopic (exact) mass is 401 g/mol. The van der Waals surface area contributed by atoms with Crippen molar-refractivity contribution in [2.24, 2.45) is 11.0 Å². The van der Waals surface area contributed by atoms with E-state index in [0.29, 0.717) is 11.5 Å². The summed E-state index contributed by atoms with van der Waals surface area (Å²) < 4.78 is 5.57. The topological polar surface area (TPSA) is 79.8 Å². The van der Waals surface area contributed by atoms with Gasteiger partial charge in [0.05, 0.1) is 5.71 Å². The van der Waals surface area contributed by atoms with Gasteiger partial charge in [-0.25, -0.2) is 5.43 Å².